The minimum Gasteiger partial charge on any atom is -0.503 e. The Hall–Kier alpha value is -10.5. The highest BCUT2D eigenvalue weighted by Crippen LogP contribution is 2.38. The van der Waals surface area contributed by atoms with Crippen LogP contribution in [0.25, 0.3) is 16.7 Å². The number of methoxy groups -OCH3 is 2. The number of aliphatic carboxylic acids is 1. The minimum absolute atomic E-state index is 0.00825. The quantitative estimate of drug-likeness (QED) is 0.0308. The fourth-order valence-electron chi connectivity index (χ4n) is 8.18. The third kappa shape index (κ3) is 23.8. The zero-order chi connectivity index (χ0) is 76.8. The van der Waals surface area contributed by atoms with Crippen LogP contribution in [0, 0.1) is 69.8 Å². The predicted molar refractivity (Wildman–Crippen MR) is 365 cm³/mol. The van der Waals surface area contributed by atoms with E-state index in [1.165, 1.54) is 24.3 Å². The molecule has 9 aromatic rings. The summed E-state index contributed by atoms with van der Waals surface area (Å²) < 4.78 is 196. The van der Waals surface area contributed by atoms with Crippen LogP contribution in [0.2, 0.25) is 0 Å². The average molecular weight is 1570 g/mol. The van der Waals surface area contributed by atoms with E-state index in [1.807, 2.05) is 94.4 Å². The lowest BCUT2D eigenvalue weighted by Crippen LogP contribution is -2.41. The van der Waals surface area contributed by atoms with Crippen molar-refractivity contribution in [2.75, 3.05) is 14.2 Å². The van der Waals surface area contributed by atoms with Crippen molar-refractivity contribution in [3.05, 3.63) is 296 Å². The molecule has 0 aromatic heterocycles. The highest BCUT2D eigenvalue weighted by atomic mass is 79.9. The fraction of sp³-hybridized carbons (Fsp3) is 0.149. The van der Waals surface area contributed by atoms with Gasteiger partial charge in [0.25, 0.3) is 0 Å². The first-order valence-electron chi connectivity index (χ1n) is 29.6. The van der Waals surface area contributed by atoms with Gasteiger partial charge in [-0.05, 0) is 139 Å². The summed E-state index contributed by atoms with van der Waals surface area (Å²) in [5.41, 5.74) is 0.567. The fourth-order valence-corrected chi connectivity index (χ4v) is 8.98. The number of halogens is 14. The third-order valence-electron chi connectivity index (χ3n) is 14.4. The van der Waals surface area contributed by atoms with Crippen LogP contribution in [-0.4, -0.2) is 70.9 Å². The Labute approximate surface area is 599 Å². The second kappa shape index (κ2) is 38.0. The lowest BCUT2D eigenvalue weighted by molar-refractivity contribution is -0.134. The van der Waals surface area contributed by atoms with Gasteiger partial charge in [0.2, 0.25) is 0 Å². The molecule has 0 spiro atoms. The van der Waals surface area contributed by atoms with Crippen molar-refractivity contribution in [2.24, 2.45) is 0 Å². The molecule has 1 saturated heterocycles. The van der Waals surface area contributed by atoms with E-state index in [2.05, 4.69) is 61.1 Å². The van der Waals surface area contributed by atoms with Crippen LogP contribution in [0.3, 0.4) is 0 Å². The Balaban J connectivity index is 0.000000227. The molecule has 103 heavy (non-hydrogen) atoms. The Morgan fingerprint density at radius 1 is 0.398 bits per heavy atom. The molecule has 0 atom stereocenters. The second-order valence-electron chi connectivity index (χ2n) is 22.2. The van der Waals surface area contributed by atoms with Gasteiger partial charge < -0.3 is 53.4 Å². The first-order chi connectivity index (χ1) is 48.4. The van der Waals surface area contributed by atoms with Gasteiger partial charge in [0.15, 0.2) is 104 Å². The Kier molecular flexibility index (Phi) is 30.7. The van der Waals surface area contributed by atoms with Crippen molar-refractivity contribution in [3.8, 4) is 34.5 Å². The molecule has 14 nitrogen and oxygen atoms in total. The van der Waals surface area contributed by atoms with Crippen LogP contribution in [0.4, 0.5) is 52.7 Å². The molecule has 4 N–H and O–H groups in total. The van der Waals surface area contributed by atoms with Gasteiger partial charge in [-0.25, -0.2) is 67.1 Å². The van der Waals surface area contributed by atoms with E-state index >= 15 is 0 Å². The maximum Gasteiger partial charge on any atom is 0.495 e. The number of carboxylic acids is 1. The van der Waals surface area contributed by atoms with Crippen LogP contribution >= 0.6 is 31.9 Å². The molecule has 1 aliphatic heterocycles. The average Bonchev–Trinajstić information content (AvgIpc) is 1.62. The minimum atomic E-state index is -1.38. The standard InChI is InChI=1S/C19H21BF2O3.C17H14F2O3.C13H9BrF2O.C10H8F2O3.C9H6F2O3.C6H3BrF2O/c1-18(2)19(3,4)25-20(24-18)14-10-15(21)17(16(22)11-14)23-12-13-8-6-5-7-9-13;1-11(17(20)21-2)13-8-14(18)16(15(19)9-13)22-10-12-6-4-3-5-7-12;14-10-6-11(15)13(12(16)7-10)17-8-9-4-2-1-3-5-9;1-5(10(14)15-2)6-3-7(11)9(13)8(12)4-6;1-4(9(13)14)5-2-6(10)8(12)7(11)3-5;7-3-1-4(8)6(10)5(9)2-3/h5-11H,12H2,1-4H3;3-9H,1,10H2,2H3;1-7H,8H2;3-4,13H,1H2,2H3;2-3,12H,1H2,(H,13,14);1-2,10H. The van der Waals surface area contributed by atoms with Gasteiger partial charge in [-0.1, -0.05) is 143 Å². The molecular formula is C74H61BBr2F12O14. The summed E-state index contributed by atoms with van der Waals surface area (Å²) in [5, 5.41) is 34.6. The molecule has 29 heteroatoms. The number of hydrogen-bond acceptors (Lipinski definition) is 13. The Bertz CT molecular complexity index is 4360. The van der Waals surface area contributed by atoms with Crippen molar-refractivity contribution in [1.29, 1.82) is 0 Å². The third-order valence-corrected chi connectivity index (χ3v) is 15.3. The van der Waals surface area contributed by atoms with Crippen LogP contribution in [0.1, 0.15) is 61.1 Å². The number of phenolic OH excluding ortho intramolecular Hbond substituents is 3. The number of ether oxygens (including phenoxy) is 5. The zero-order valence-corrected chi connectivity index (χ0v) is 58.2. The number of hydrogen-bond donors (Lipinski definition) is 4. The molecule has 0 amide bonds. The van der Waals surface area contributed by atoms with Crippen LogP contribution in [-0.2, 0) is 53.0 Å². The monoisotopic (exact) mass is 1570 g/mol. The molecule has 0 aliphatic carbocycles. The molecule has 9 aromatic carbocycles. The maximum atomic E-state index is 14.4. The van der Waals surface area contributed by atoms with E-state index in [9.17, 15) is 67.1 Å². The molecule has 0 saturated carbocycles. The zero-order valence-electron chi connectivity index (χ0n) is 55.1. The Morgan fingerprint density at radius 2 is 0.631 bits per heavy atom. The maximum absolute atomic E-state index is 14.4. The molecule has 542 valence electrons. The van der Waals surface area contributed by atoms with Crippen molar-refractivity contribution in [1.82, 2.24) is 0 Å². The molecule has 0 unspecified atom stereocenters. The summed E-state index contributed by atoms with van der Waals surface area (Å²) in [4.78, 5) is 32.7. The summed E-state index contributed by atoms with van der Waals surface area (Å²) >= 11 is 5.86. The second-order valence-corrected chi connectivity index (χ2v) is 24.0. The molecule has 0 bridgehead atoms. The number of carbonyl (C=O) groups is 3. The molecule has 0 radical (unpaired) electrons. The van der Waals surface area contributed by atoms with Gasteiger partial charge in [0.1, 0.15) is 19.8 Å². The van der Waals surface area contributed by atoms with Crippen molar-refractivity contribution in [2.45, 2.75) is 58.7 Å². The highest BCUT2D eigenvalue weighted by molar-refractivity contribution is 9.10. The van der Waals surface area contributed by atoms with Gasteiger partial charge in [-0.3, -0.25) is 0 Å². The number of carbonyl (C=O) groups excluding carboxylic acids is 2. The van der Waals surface area contributed by atoms with E-state index < -0.39 is 140 Å². The number of phenols is 3. The first-order valence-corrected chi connectivity index (χ1v) is 31.1. The predicted octanol–water partition coefficient (Wildman–Crippen LogP) is 17.9. The van der Waals surface area contributed by atoms with E-state index in [0.29, 0.717) is 22.1 Å². The SMILES string of the molecule is C=C(C(=O)O)c1cc(F)c(O)c(F)c1.C=C(C(=O)OC)c1cc(F)c(O)c(F)c1.C=C(C(=O)OC)c1cc(F)c(OCc2ccccc2)c(F)c1.CC1(C)OB(c2cc(F)c(OCc3ccccc3)c(F)c2)OC1(C)C.Fc1cc(Br)cc(F)c1OCc1ccccc1.Oc1c(F)cc(Br)cc1F. The van der Waals surface area contributed by atoms with E-state index in [-0.39, 0.29) is 57.9 Å². The smallest absolute Gasteiger partial charge is 0.495 e. The topological polar surface area (TPSA) is 197 Å². The van der Waals surface area contributed by atoms with Gasteiger partial charge >= 0.3 is 25.0 Å². The molecule has 1 aliphatic rings. The van der Waals surface area contributed by atoms with Gasteiger partial charge in [0.05, 0.1) is 42.1 Å². The summed E-state index contributed by atoms with van der Waals surface area (Å²) in [6, 6.07) is 39.1. The van der Waals surface area contributed by atoms with Crippen molar-refractivity contribution < 1.29 is 120 Å². The summed E-state index contributed by atoms with van der Waals surface area (Å²) in [7, 11) is 1.47. The van der Waals surface area contributed by atoms with Crippen LogP contribution in [0.15, 0.2) is 192 Å². The summed E-state index contributed by atoms with van der Waals surface area (Å²) in [6.07, 6.45) is 0. The van der Waals surface area contributed by atoms with E-state index in [1.54, 1.807) is 24.3 Å². The first kappa shape index (κ1) is 83.2. The number of carboxylic acid groups (broad SMARTS) is 1. The number of benzene rings is 9. The van der Waals surface area contributed by atoms with Gasteiger partial charge in [-0.2, -0.15) is 0 Å². The molecule has 1 fully saturated rings. The van der Waals surface area contributed by atoms with Crippen LogP contribution in [0.5, 0.6) is 34.5 Å². The normalized spacial score (nSPS) is 12.1. The van der Waals surface area contributed by atoms with Crippen LogP contribution < -0.4 is 19.7 Å². The summed E-state index contributed by atoms with van der Waals surface area (Å²) in [5.74, 6) is -18.8. The van der Waals surface area contributed by atoms with Crippen molar-refractivity contribution in [3.63, 3.8) is 0 Å². The van der Waals surface area contributed by atoms with Crippen molar-refractivity contribution >= 4 is 79.1 Å². The number of esters is 2. The molecule has 1 heterocycles. The molecule has 10 rings (SSSR count). The number of rotatable bonds is 16. The number of aromatic hydroxyl groups is 3. The highest BCUT2D eigenvalue weighted by Gasteiger charge is 2.52. The lowest BCUT2D eigenvalue weighted by atomic mass is 9.79. The van der Waals surface area contributed by atoms with E-state index in [0.717, 1.165) is 67.3 Å². The summed E-state index contributed by atoms with van der Waals surface area (Å²) in [6.45, 7) is 17.7. The largest absolute Gasteiger partial charge is 0.503 e. The van der Waals surface area contributed by atoms with Gasteiger partial charge in [0, 0.05) is 8.95 Å². The Morgan fingerprint density at radius 3 is 0.903 bits per heavy atom. The van der Waals surface area contributed by atoms with Gasteiger partial charge in [-0.15, -0.1) is 0 Å². The lowest BCUT2D eigenvalue weighted by Gasteiger charge is -2.32. The molecular weight excluding hydrogens is 1510 g/mol. The van der Waals surface area contributed by atoms with E-state index in [4.69, 9.17) is 43.9 Å².